The van der Waals surface area contributed by atoms with Crippen LogP contribution in [-0.2, 0) is 0 Å². The van der Waals surface area contributed by atoms with Crippen LogP contribution in [0.3, 0.4) is 0 Å². The summed E-state index contributed by atoms with van der Waals surface area (Å²) in [6, 6.07) is 7.09. The lowest BCUT2D eigenvalue weighted by Gasteiger charge is -2.05. The first-order valence-electron chi connectivity index (χ1n) is 5.35. The van der Waals surface area contributed by atoms with Crippen molar-refractivity contribution in [2.45, 2.75) is 0 Å². The minimum absolute atomic E-state index is 0.221. The maximum Gasteiger partial charge on any atom is 0.222 e. The summed E-state index contributed by atoms with van der Waals surface area (Å²) < 4.78 is 0. The number of aromatic hydroxyl groups is 1. The van der Waals surface area contributed by atoms with Crippen molar-refractivity contribution in [3.8, 4) is 16.9 Å². The predicted octanol–water partition coefficient (Wildman–Crippen LogP) is 1.22. The number of rotatable bonds is 4. The van der Waals surface area contributed by atoms with E-state index in [1.54, 1.807) is 24.5 Å². The van der Waals surface area contributed by atoms with Gasteiger partial charge in [-0.15, -0.1) is 0 Å². The van der Waals surface area contributed by atoms with Crippen LogP contribution in [0.25, 0.3) is 11.1 Å². The van der Waals surface area contributed by atoms with Crippen molar-refractivity contribution < 1.29 is 5.11 Å². The molecule has 1 heterocycles. The third kappa shape index (κ3) is 2.70. The second kappa shape index (κ2) is 5.27. The first-order chi connectivity index (χ1) is 8.31. The molecular weight excluding hydrogens is 216 g/mol. The molecule has 1 aromatic carbocycles. The molecule has 0 saturated heterocycles. The summed E-state index contributed by atoms with van der Waals surface area (Å²) in [5.74, 6) is 0.758. The Hall–Kier alpha value is -2.14. The number of hydrogen-bond acceptors (Lipinski definition) is 5. The summed E-state index contributed by atoms with van der Waals surface area (Å²) >= 11 is 0. The molecule has 0 saturated carbocycles. The van der Waals surface area contributed by atoms with Gasteiger partial charge in [0.05, 0.1) is 0 Å². The minimum Gasteiger partial charge on any atom is -0.507 e. The fourth-order valence-electron chi connectivity index (χ4n) is 1.46. The lowest BCUT2D eigenvalue weighted by molar-refractivity contribution is 0.477. The molecule has 0 aliphatic heterocycles. The summed E-state index contributed by atoms with van der Waals surface area (Å²) in [6.07, 6.45) is 3.34. The lowest BCUT2D eigenvalue weighted by Crippen LogP contribution is -2.14. The third-order valence-electron chi connectivity index (χ3n) is 2.29. The van der Waals surface area contributed by atoms with Crippen molar-refractivity contribution in [1.29, 1.82) is 0 Å². The van der Waals surface area contributed by atoms with Crippen LogP contribution < -0.4 is 11.1 Å². The molecule has 5 nitrogen and oxygen atoms in total. The molecule has 17 heavy (non-hydrogen) atoms. The minimum atomic E-state index is 0.221. The highest BCUT2D eigenvalue weighted by Crippen LogP contribution is 2.27. The van der Waals surface area contributed by atoms with Crippen molar-refractivity contribution >= 4 is 5.95 Å². The monoisotopic (exact) mass is 230 g/mol. The van der Waals surface area contributed by atoms with Gasteiger partial charge in [0.25, 0.3) is 0 Å². The van der Waals surface area contributed by atoms with Crippen LogP contribution in [-0.4, -0.2) is 28.2 Å². The van der Waals surface area contributed by atoms with E-state index in [0.29, 0.717) is 19.0 Å². The van der Waals surface area contributed by atoms with Gasteiger partial charge >= 0.3 is 0 Å². The van der Waals surface area contributed by atoms with E-state index in [1.807, 2.05) is 12.1 Å². The quantitative estimate of drug-likeness (QED) is 0.735. The molecule has 0 radical (unpaired) electrons. The van der Waals surface area contributed by atoms with Crippen LogP contribution in [0.1, 0.15) is 0 Å². The zero-order chi connectivity index (χ0) is 12.1. The number of aromatic nitrogens is 2. The molecule has 0 amide bonds. The Morgan fingerprint density at radius 2 is 1.88 bits per heavy atom. The van der Waals surface area contributed by atoms with Gasteiger partial charge in [0.2, 0.25) is 5.95 Å². The van der Waals surface area contributed by atoms with Crippen LogP contribution in [0, 0.1) is 0 Å². The first-order valence-corrected chi connectivity index (χ1v) is 5.35. The van der Waals surface area contributed by atoms with Crippen LogP contribution in [0.2, 0.25) is 0 Å². The van der Waals surface area contributed by atoms with Gasteiger partial charge in [0.1, 0.15) is 5.75 Å². The van der Waals surface area contributed by atoms with Crippen molar-refractivity contribution in [2.75, 3.05) is 18.4 Å². The maximum atomic E-state index is 9.69. The van der Waals surface area contributed by atoms with E-state index in [-0.39, 0.29) is 5.75 Å². The van der Waals surface area contributed by atoms with E-state index in [4.69, 9.17) is 5.73 Å². The van der Waals surface area contributed by atoms with Crippen molar-refractivity contribution in [3.05, 3.63) is 36.7 Å². The molecule has 88 valence electrons. The van der Waals surface area contributed by atoms with Crippen LogP contribution in [0.4, 0.5) is 5.95 Å². The molecule has 2 aromatic rings. The van der Waals surface area contributed by atoms with Gasteiger partial charge < -0.3 is 16.2 Å². The Morgan fingerprint density at radius 3 is 2.53 bits per heavy atom. The number of nitrogens with zero attached hydrogens (tertiary/aromatic N) is 2. The van der Waals surface area contributed by atoms with E-state index >= 15 is 0 Å². The second-order valence-electron chi connectivity index (χ2n) is 3.53. The van der Waals surface area contributed by atoms with Crippen LogP contribution >= 0.6 is 0 Å². The number of nitrogens with two attached hydrogens (primary N) is 1. The van der Waals surface area contributed by atoms with Crippen molar-refractivity contribution in [2.24, 2.45) is 5.73 Å². The van der Waals surface area contributed by atoms with Gasteiger partial charge in [0.15, 0.2) is 0 Å². The summed E-state index contributed by atoms with van der Waals surface area (Å²) in [6.45, 7) is 1.17. The molecule has 0 aliphatic rings. The third-order valence-corrected chi connectivity index (χ3v) is 2.29. The molecular formula is C12H14N4O. The van der Waals surface area contributed by atoms with Crippen molar-refractivity contribution in [1.82, 2.24) is 9.97 Å². The largest absolute Gasteiger partial charge is 0.507 e. The van der Waals surface area contributed by atoms with E-state index in [1.165, 1.54) is 0 Å². The predicted molar refractivity (Wildman–Crippen MR) is 66.7 cm³/mol. The number of para-hydroxylation sites is 1. The average Bonchev–Trinajstić information content (AvgIpc) is 2.38. The van der Waals surface area contributed by atoms with E-state index < -0.39 is 0 Å². The fraction of sp³-hybridized carbons (Fsp3) is 0.167. The first kappa shape index (κ1) is 11.3. The summed E-state index contributed by atoms with van der Waals surface area (Å²) in [5, 5.41) is 12.7. The van der Waals surface area contributed by atoms with Gasteiger partial charge in [0, 0.05) is 36.6 Å². The van der Waals surface area contributed by atoms with Crippen molar-refractivity contribution in [3.63, 3.8) is 0 Å². The Morgan fingerprint density at radius 1 is 1.18 bits per heavy atom. The molecule has 0 aliphatic carbocycles. The molecule has 0 spiro atoms. The Labute approximate surface area is 99.3 Å². The average molecular weight is 230 g/mol. The van der Waals surface area contributed by atoms with E-state index in [2.05, 4.69) is 15.3 Å². The Balaban J connectivity index is 2.21. The van der Waals surface area contributed by atoms with E-state index in [0.717, 1.165) is 11.1 Å². The summed E-state index contributed by atoms with van der Waals surface area (Å²) in [5.41, 5.74) is 6.87. The van der Waals surface area contributed by atoms with Gasteiger partial charge in [-0.3, -0.25) is 0 Å². The number of hydrogen-bond donors (Lipinski definition) is 3. The molecule has 0 unspecified atom stereocenters. The lowest BCUT2D eigenvalue weighted by atomic mass is 10.1. The normalized spacial score (nSPS) is 10.2. The smallest absolute Gasteiger partial charge is 0.222 e. The highest BCUT2D eigenvalue weighted by molar-refractivity contribution is 5.68. The summed E-state index contributed by atoms with van der Waals surface area (Å²) in [4.78, 5) is 8.29. The standard InChI is InChI=1S/C12H14N4O/c13-5-6-14-12-15-7-9(8-16-12)10-3-1-2-4-11(10)17/h1-4,7-8,17H,5-6,13H2,(H,14,15,16). The number of anilines is 1. The number of phenols is 1. The zero-order valence-corrected chi connectivity index (χ0v) is 9.30. The zero-order valence-electron chi connectivity index (χ0n) is 9.30. The highest BCUT2D eigenvalue weighted by atomic mass is 16.3. The van der Waals surface area contributed by atoms with Gasteiger partial charge in [-0.25, -0.2) is 9.97 Å². The molecule has 5 heteroatoms. The molecule has 2 rings (SSSR count). The molecule has 0 fully saturated rings. The SMILES string of the molecule is NCCNc1ncc(-c2ccccc2O)cn1. The highest BCUT2D eigenvalue weighted by Gasteiger charge is 2.04. The van der Waals surface area contributed by atoms with Gasteiger partial charge in [-0.05, 0) is 6.07 Å². The molecule has 0 bridgehead atoms. The molecule has 4 N–H and O–H groups in total. The molecule has 0 atom stereocenters. The topological polar surface area (TPSA) is 84.1 Å². The number of phenolic OH excluding ortho intramolecular Hbond substituents is 1. The fourth-order valence-corrected chi connectivity index (χ4v) is 1.46. The molecule has 1 aromatic heterocycles. The van der Waals surface area contributed by atoms with Gasteiger partial charge in [-0.2, -0.15) is 0 Å². The summed E-state index contributed by atoms with van der Waals surface area (Å²) in [7, 11) is 0. The van der Waals surface area contributed by atoms with Crippen LogP contribution in [0.15, 0.2) is 36.7 Å². The Kier molecular flexibility index (Phi) is 3.52. The number of nitrogens with one attached hydrogen (secondary N) is 1. The second-order valence-corrected chi connectivity index (χ2v) is 3.53. The maximum absolute atomic E-state index is 9.69. The van der Waals surface area contributed by atoms with E-state index in [9.17, 15) is 5.11 Å². The van der Waals surface area contributed by atoms with Crippen LogP contribution in [0.5, 0.6) is 5.75 Å². The number of benzene rings is 1. The van der Waals surface area contributed by atoms with Gasteiger partial charge in [-0.1, -0.05) is 18.2 Å². The Bertz CT molecular complexity index is 484.